The normalized spacial score (nSPS) is 8.79. The molecular formula is C24H54O3Ti. The van der Waals surface area contributed by atoms with Gasteiger partial charge in [0.05, 0.1) is 0 Å². The summed E-state index contributed by atoms with van der Waals surface area (Å²) in [5, 5.41) is 16.6. The van der Waals surface area contributed by atoms with Crippen molar-refractivity contribution in [3.63, 3.8) is 0 Å². The fraction of sp³-hybridized carbons (Fsp3) is 0.917. The number of unbranched alkanes of at least 4 members (excludes halogenated alkanes) is 12. The SMILES string of the molecule is CCCCCCO.CCCCCCO.[CH2-]CCCCC.[CH2-]CCCCC.[O]=[Ti+2]. The van der Waals surface area contributed by atoms with Crippen molar-refractivity contribution in [3.8, 4) is 0 Å². The van der Waals surface area contributed by atoms with E-state index >= 15 is 0 Å². The molecule has 172 valence electrons. The maximum atomic E-state index is 8.29. The summed E-state index contributed by atoms with van der Waals surface area (Å²) in [7, 11) is 0. The van der Waals surface area contributed by atoms with Crippen LogP contribution in [0.1, 0.15) is 130 Å². The van der Waals surface area contributed by atoms with E-state index in [4.69, 9.17) is 13.5 Å². The number of rotatable bonds is 14. The van der Waals surface area contributed by atoms with Gasteiger partial charge in [0.2, 0.25) is 0 Å². The van der Waals surface area contributed by atoms with Crippen molar-refractivity contribution in [2.45, 2.75) is 130 Å². The zero-order valence-electron chi connectivity index (χ0n) is 19.9. The molecule has 0 rings (SSSR count). The molecule has 0 spiro atoms. The van der Waals surface area contributed by atoms with Gasteiger partial charge in [0.25, 0.3) is 0 Å². The van der Waals surface area contributed by atoms with E-state index in [0.717, 1.165) is 46.1 Å². The van der Waals surface area contributed by atoms with E-state index in [2.05, 4.69) is 41.5 Å². The van der Waals surface area contributed by atoms with Gasteiger partial charge in [-0.25, -0.2) is 0 Å². The number of aliphatic hydroxyl groups excluding tert-OH is 2. The summed E-state index contributed by atoms with van der Waals surface area (Å²) in [4.78, 5) is 0. The average Bonchev–Trinajstić information content (AvgIpc) is 2.74. The summed E-state index contributed by atoms with van der Waals surface area (Å²) in [5.74, 6) is 0. The molecule has 0 aromatic carbocycles. The molecule has 0 bridgehead atoms. The Hall–Kier alpha value is 0.434. The first-order valence-corrected chi connectivity index (χ1v) is 12.3. The van der Waals surface area contributed by atoms with Gasteiger partial charge >= 0.3 is 23.7 Å². The van der Waals surface area contributed by atoms with Crippen LogP contribution in [0.2, 0.25) is 0 Å². The molecule has 0 aromatic heterocycles. The fourth-order valence-electron chi connectivity index (χ4n) is 1.93. The van der Waals surface area contributed by atoms with Gasteiger partial charge in [-0.3, -0.25) is 0 Å². The van der Waals surface area contributed by atoms with Crippen molar-refractivity contribution in [2.24, 2.45) is 0 Å². The Bertz CT molecular complexity index is 147. The van der Waals surface area contributed by atoms with Crippen molar-refractivity contribution in [2.75, 3.05) is 13.2 Å². The summed E-state index contributed by atoms with van der Waals surface area (Å²) in [6.45, 7) is 16.9. The van der Waals surface area contributed by atoms with Gasteiger partial charge in [0.1, 0.15) is 0 Å². The first-order chi connectivity index (χ1) is 13.7. The van der Waals surface area contributed by atoms with Crippen LogP contribution in [0.5, 0.6) is 0 Å². The summed E-state index contributed by atoms with van der Waals surface area (Å²) in [5.41, 5.74) is 0. The van der Waals surface area contributed by atoms with Gasteiger partial charge in [0.15, 0.2) is 0 Å². The monoisotopic (exact) mass is 438 g/mol. The molecule has 0 atom stereocenters. The molecule has 28 heavy (non-hydrogen) atoms. The van der Waals surface area contributed by atoms with Crippen molar-refractivity contribution in [3.05, 3.63) is 13.8 Å². The predicted octanol–water partition coefficient (Wildman–Crippen LogP) is 7.80. The van der Waals surface area contributed by atoms with E-state index in [1.54, 1.807) is 0 Å². The molecular weight excluding hydrogens is 384 g/mol. The Kier molecular flexibility index (Phi) is 78.5. The third kappa shape index (κ3) is 82.1. The van der Waals surface area contributed by atoms with Crippen LogP contribution in [0.15, 0.2) is 0 Å². The number of aliphatic hydroxyl groups is 2. The second kappa shape index (κ2) is 56.4. The topological polar surface area (TPSA) is 57.5 Å². The van der Waals surface area contributed by atoms with E-state index in [1.807, 2.05) is 0 Å². The maximum absolute atomic E-state index is 8.29. The number of hydrogen-bond donors (Lipinski definition) is 2. The first-order valence-electron chi connectivity index (χ1n) is 11.7. The van der Waals surface area contributed by atoms with Crippen molar-refractivity contribution in [1.82, 2.24) is 0 Å². The van der Waals surface area contributed by atoms with Crippen molar-refractivity contribution < 1.29 is 33.9 Å². The van der Waals surface area contributed by atoms with Gasteiger partial charge in [0, 0.05) is 13.2 Å². The van der Waals surface area contributed by atoms with Gasteiger partial charge in [-0.05, 0) is 12.8 Å². The molecule has 0 amide bonds. The quantitative estimate of drug-likeness (QED) is 0.165. The van der Waals surface area contributed by atoms with E-state index in [9.17, 15) is 0 Å². The second-order valence-corrected chi connectivity index (χ2v) is 6.69. The van der Waals surface area contributed by atoms with Crippen LogP contribution in [0.4, 0.5) is 0 Å². The van der Waals surface area contributed by atoms with Crippen molar-refractivity contribution in [1.29, 1.82) is 0 Å². The molecule has 0 fully saturated rings. The molecule has 0 aliphatic carbocycles. The Labute approximate surface area is 191 Å². The number of hydrogen-bond acceptors (Lipinski definition) is 3. The van der Waals surface area contributed by atoms with Gasteiger partial charge in [-0.2, -0.15) is 12.8 Å². The van der Waals surface area contributed by atoms with Crippen LogP contribution in [-0.4, -0.2) is 23.4 Å². The summed E-state index contributed by atoms with van der Waals surface area (Å²) in [6, 6.07) is 0. The van der Waals surface area contributed by atoms with Crippen LogP contribution < -0.4 is 0 Å². The van der Waals surface area contributed by atoms with Gasteiger partial charge < -0.3 is 24.1 Å². The Balaban J connectivity index is -0.0000000816. The van der Waals surface area contributed by atoms with E-state index in [1.165, 1.54) is 77.0 Å². The standard InChI is InChI=1S/2C6H14O.2C6H13.O.Ti/c2*1-2-3-4-5-6-7;2*1-3-5-6-4-2;;/h2*7H,2-6H2,1H3;2*1,3-6H2,2H3;;/q;;2*-1;;+2. The van der Waals surface area contributed by atoms with Gasteiger partial charge in [-0.15, -0.1) is 0 Å². The first kappa shape index (κ1) is 39.0. The van der Waals surface area contributed by atoms with E-state index in [0.29, 0.717) is 13.2 Å². The molecule has 0 heterocycles. The molecule has 0 unspecified atom stereocenters. The van der Waals surface area contributed by atoms with Crippen molar-refractivity contribution >= 4 is 0 Å². The zero-order chi connectivity index (χ0) is 22.7. The molecule has 0 radical (unpaired) electrons. The Morgan fingerprint density at radius 2 is 0.750 bits per heavy atom. The van der Waals surface area contributed by atoms with Crippen LogP contribution >= 0.6 is 0 Å². The summed E-state index contributed by atoms with van der Waals surface area (Å²) < 4.78 is 8.25. The summed E-state index contributed by atoms with van der Waals surface area (Å²) >= 11 is 0.750. The fourth-order valence-corrected chi connectivity index (χ4v) is 1.93. The van der Waals surface area contributed by atoms with E-state index < -0.39 is 0 Å². The molecule has 2 N–H and O–H groups in total. The zero-order valence-corrected chi connectivity index (χ0v) is 21.5. The molecule has 0 saturated carbocycles. The third-order valence-electron chi connectivity index (χ3n) is 3.73. The second-order valence-electron chi connectivity index (χ2n) is 6.69. The van der Waals surface area contributed by atoms with Crippen LogP contribution in [0.3, 0.4) is 0 Å². The molecule has 3 nitrogen and oxygen atoms in total. The summed E-state index contributed by atoms with van der Waals surface area (Å²) in [6.07, 6.45) is 19.5. The molecule has 0 aliphatic rings. The van der Waals surface area contributed by atoms with Crippen LogP contribution in [-0.2, 0) is 23.7 Å². The average molecular weight is 439 g/mol. The minimum atomic E-state index is 0.361. The molecule has 4 heteroatoms. The van der Waals surface area contributed by atoms with E-state index in [-0.39, 0.29) is 0 Å². The Morgan fingerprint density at radius 3 is 0.893 bits per heavy atom. The third-order valence-corrected chi connectivity index (χ3v) is 3.73. The van der Waals surface area contributed by atoms with Crippen LogP contribution in [0.25, 0.3) is 0 Å². The Morgan fingerprint density at radius 1 is 0.500 bits per heavy atom. The van der Waals surface area contributed by atoms with Crippen LogP contribution in [0, 0.1) is 13.8 Å². The minimum absolute atomic E-state index is 0.361. The van der Waals surface area contributed by atoms with Gasteiger partial charge in [-0.1, -0.05) is 105 Å². The molecule has 0 aromatic rings. The molecule has 0 saturated heterocycles. The molecule has 0 aliphatic heterocycles. The predicted molar refractivity (Wildman–Crippen MR) is 122 cm³/mol.